The molecule has 3 aliphatic rings. The zero-order valence-corrected chi connectivity index (χ0v) is 18.9. The van der Waals surface area contributed by atoms with Gasteiger partial charge in [0.05, 0.1) is 6.54 Å². The second-order valence-electron chi connectivity index (χ2n) is 9.80. The number of benzene rings is 2. The number of hydrogen-bond acceptors (Lipinski definition) is 3. The minimum absolute atomic E-state index is 0.00319. The quantitative estimate of drug-likeness (QED) is 0.676. The highest BCUT2D eigenvalue weighted by Gasteiger charge is 2.60. The molecule has 5 rings (SSSR count). The number of urea groups is 1. The van der Waals surface area contributed by atoms with E-state index in [0.29, 0.717) is 31.8 Å². The number of hydrogen-bond donors (Lipinski definition) is 1. The summed E-state index contributed by atoms with van der Waals surface area (Å²) in [6, 6.07) is 20.3. The van der Waals surface area contributed by atoms with Crippen LogP contribution in [0.3, 0.4) is 0 Å². The van der Waals surface area contributed by atoms with Crippen LogP contribution in [0.1, 0.15) is 56.1 Å². The number of carbonyl (C=O) groups is 2. The fourth-order valence-electron chi connectivity index (χ4n) is 5.89. The van der Waals surface area contributed by atoms with Crippen LogP contribution in [-0.2, 0) is 16.9 Å². The molecule has 0 unspecified atom stereocenters. The van der Waals surface area contributed by atoms with Crippen LogP contribution < -0.4 is 5.32 Å². The van der Waals surface area contributed by atoms with Crippen molar-refractivity contribution < 1.29 is 9.59 Å². The standard InChI is InChI=1S/C27H33N3O2/c1-28-26(23-13-6-3-7-14-23)15-17-27(18-16-26)24(31)29(19-21-9-4-2-5-10-21)25(32)30(27)20-22-11-8-12-22/h2-7,9-10,13-14,22,28H,8,11-12,15-20H2,1H3/t26-,27+. The van der Waals surface area contributed by atoms with Gasteiger partial charge in [-0.1, -0.05) is 67.1 Å². The van der Waals surface area contributed by atoms with Crippen LogP contribution >= 0.6 is 0 Å². The summed E-state index contributed by atoms with van der Waals surface area (Å²) in [7, 11) is 2.01. The largest absolute Gasteiger partial charge is 0.327 e. The number of nitrogens with one attached hydrogen (secondary N) is 1. The number of rotatable bonds is 6. The first kappa shape index (κ1) is 21.2. The molecule has 1 spiro atoms. The van der Waals surface area contributed by atoms with Gasteiger partial charge in [-0.25, -0.2) is 4.79 Å². The Morgan fingerprint density at radius 3 is 2.09 bits per heavy atom. The molecule has 32 heavy (non-hydrogen) atoms. The Morgan fingerprint density at radius 2 is 1.53 bits per heavy atom. The number of carbonyl (C=O) groups excluding carboxylic acids is 2. The monoisotopic (exact) mass is 431 g/mol. The van der Waals surface area contributed by atoms with Crippen molar-refractivity contribution in [2.75, 3.05) is 13.6 Å². The minimum atomic E-state index is -0.698. The van der Waals surface area contributed by atoms with E-state index in [0.717, 1.165) is 31.2 Å². The third-order valence-corrected chi connectivity index (χ3v) is 8.21. The van der Waals surface area contributed by atoms with Crippen LogP contribution in [0.2, 0.25) is 0 Å². The third kappa shape index (κ3) is 3.43. The normalized spacial score (nSPS) is 28.4. The van der Waals surface area contributed by atoms with Crippen molar-refractivity contribution in [3.8, 4) is 0 Å². The summed E-state index contributed by atoms with van der Waals surface area (Å²) in [5, 5.41) is 3.57. The maximum Gasteiger partial charge on any atom is 0.327 e. The van der Waals surface area contributed by atoms with Crippen molar-refractivity contribution in [3.63, 3.8) is 0 Å². The molecule has 2 aromatic rings. The molecule has 0 aromatic heterocycles. The Bertz CT molecular complexity index is 963. The molecule has 1 aliphatic heterocycles. The van der Waals surface area contributed by atoms with Crippen molar-refractivity contribution in [1.82, 2.24) is 15.1 Å². The van der Waals surface area contributed by atoms with E-state index in [1.165, 1.54) is 16.9 Å². The number of nitrogens with zero attached hydrogens (tertiary/aromatic N) is 2. The fourth-order valence-corrected chi connectivity index (χ4v) is 5.89. The van der Waals surface area contributed by atoms with Crippen molar-refractivity contribution >= 4 is 11.9 Å². The summed E-state index contributed by atoms with van der Waals surface area (Å²) in [5.74, 6) is 0.536. The van der Waals surface area contributed by atoms with Gasteiger partial charge in [-0.15, -0.1) is 0 Å². The average molecular weight is 432 g/mol. The van der Waals surface area contributed by atoms with Gasteiger partial charge in [-0.2, -0.15) is 0 Å². The van der Waals surface area contributed by atoms with Crippen molar-refractivity contribution in [2.24, 2.45) is 5.92 Å². The topological polar surface area (TPSA) is 52.7 Å². The van der Waals surface area contributed by atoms with Crippen LogP contribution in [0.4, 0.5) is 4.79 Å². The molecule has 2 aromatic carbocycles. The lowest BCUT2D eigenvalue weighted by atomic mass is 9.68. The lowest BCUT2D eigenvalue weighted by Crippen LogP contribution is -2.57. The second kappa shape index (κ2) is 8.36. The molecular weight excluding hydrogens is 398 g/mol. The van der Waals surface area contributed by atoms with Gasteiger partial charge in [0.25, 0.3) is 5.91 Å². The molecule has 0 bridgehead atoms. The predicted molar refractivity (Wildman–Crippen MR) is 125 cm³/mol. The highest BCUT2D eigenvalue weighted by atomic mass is 16.2. The summed E-state index contributed by atoms with van der Waals surface area (Å²) >= 11 is 0. The van der Waals surface area contributed by atoms with E-state index in [-0.39, 0.29) is 17.5 Å². The zero-order chi connectivity index (χ0) is 22.2. The Kier molecular flexibility index (Phi) is 5.54. The molecule has 1 saturated heterocycles. The van der Waals surface area contributed by atoms with Gasteiger partial charge in [0.15, 0.2) is 0 Å². The van der Waals surface area contributed by atoms with Gasteiger partial charge in [0.1, 0.15) is 5.54 Å². The lowest BCUT2D eigenvalue weighted by Gasteiger charge is -2.48. The van der Waals surface area contributed by atoms with Gasteiger partial charge in [-0.05, 0) is 62.6 Å². The summed E-state index contributed by atoms with van der Waals surface area (Å²) in [5.41, 5.74) is 1.42. The SMILES string of the molecule is CN[C@]1(c2ccccc2)CC[C@]2(CC1)C(=O)N(Cc1ccccc1)C(=O)N2CC1CCC1. The smallest absolute Gasteiger partial charge is 0.310 e. The van der Waals surface area contributed by atoms with Gasteiger partial charge < -0.3 is 10.2 Å². The second-order valence-corrected chi connectivity index (χ2v) is 9.80. The molecule has 1 heterocycles. The van der Waals surface area contributed by atoms with Crippen LogP contribution in [0.25, 0.3) is 0 Å². The third-order valence-electron chi connectivity index (χ3n) is 8.21. The first-order valence-corrected chi connectivity index (χ1v) is 12.0. The summed E-state index contributed by atoms with van der Waals surface area (Å²) in [6.45, 7) is 1.07. The van der Waals surface area contributed by atoms with Crippen molar-refractivity contribution in [1.29, 1.82) is 0 Å². The predicted octanol–water partition coefficient (Wildman–Crippen LogP) is 4.68. The van der Waals surface area contributed by atoms with E-state index >= 15 is 0 Å². The number of amides is 3. The molecule has 3 fully saturated rings. The molecule has 168 valence electrons. The molecule has 2 aliphatic carbocycles. The summed E-state index contributed by atoms with van der Waals surface area (Å²) in [4.78, 5) is 30.9. The van der Waals surface area contributed by atoms with E-state index in [9.17, 15) is 9.59 Å². The molecule has 1 N–H and O–H groups in total. The van der Waals surface area contributed by atoms with Crippen LogP contribution in [0, 0.1) is 5.92 Å². The van der Waals surface area contributed by atoms with Crippen LogP contribution in [-0.4, -0.2) is 40.9 Å². The average Bonchev–Trinajstić information content (AvgIpc) is 2.99. The van der Waals surface area contributed by atoms with Gasteiger partial charge in [0, 0.05) is 12.1 Å². The van der Waals surface area contributed by atoms with E-state index in [1.807, 2.05) is 48.3 Å². The minimum Gasteiger partial charge on any atom is -0.310 e. The molecule has 3 amide bonds. The van der Waals surface area contributed by atoms with E-state index in [1.54, 1.807) is 0 Å². The molecular formula is C27H33N3O2. The highest BCUT2D eigenvalue weighted by molar-refractivity contribution is 6.07. The van der Waals surface area contributed by atoms with Gasteiger partial charge in [-0.3, -0.25) is 9.69 Å². The fraction of sp³-hybridized carbons (Fsp3) is 0.481. The summed E-state index contributed by atoms with van der Waals surface area (Å²) in [6.07, 6.45) is 6.64. The Morgan fingerprint density at radius 1 is 0.906 bits per heavy atom. The molecule has 0 atom stereocenters. The Balaban J connectivity index is 1.43. The number of imide groups is 1. The lowest BCUT2D eigenvalue weighted by molar-refractivity contribution is -0.136. The van der Waals surface area contributed by atoms with Gasteiger partial charge >= 0.3 is 6.03 Å². The van der Waals surface area contributed by atoms with Crippen LogP contribution in [0.5, 0.6) is 0 Å². The molecule has 0 radical (unpaired) electrons. The van der Waals surface area contributed by atoms with Crippen LogP contribution in [0.15, 0.2) is 60.7 Å². The van der Waals surface area contributed by atoms with Gasteiger partial charge in [0.2, 0.25) is 0 Å². The molecule has 5 heteroatoms. The van der Waals surface area contributed by atoms with Crippen molar-refractivity contribution in [2.45, 2.75) is 62.6 Å². The Hall–Kier alpha value is -2.66. The molecule has 5 nitrogen and oxygen atoms in total. The van der Waals surface area contributed by atoms with Crippen molar-refractivity contribution in [3.05, 3.63) is 71.8 Å². The highest BCUT2D eigenvalue weighted by Crippen LogP contribution is 2.48. The zero-order valence-electron chi connectivity index (χ0n) is 18.9. The maximum atomic E-state index is 13.9. The van der Waals surface area contributed by atoms with E-state index < -0.39 is 5.54 Å². The van der Waals surface area contributed by atoms with E-state index in [2.05, 4.69) is 29.6 Å². The first-order valence-electron chi connectivity index (χ1n) is 12.0. The van der Waals surface area contributed by atoms with E-state index in [4.69, 9.17) is 0 Å². The first-order chi connectivity index (χ1) is 15.6. The molecule has 2 saturated carbocycles. The maximum absolute atomic E-state index is 13.9. The summed E-state index contributed by atoms with van der Waals surface area (Å²) < 4.78 is 0. The Labute approximate surface area is 190 Å².